The molecule has 0 saturated heterocycles. The summed E-state index contributed by atoms with van der Waals surface area (Å²) >= 11 is 0. The lowest BCUT2D eigenvalue weighted by molar-refractivity contribution is -0.131. The number of amides is 3. The van der Waals surface area contributed by atoms with Gasteiger partial charge in [0.05, 0.1) is 13.2 Å². The molecule has 0 heterocycles. The minimum Gasteiger partial charge on any atom is -0.478 e. The van der Waals surface area contributed by atoms with E-state index >= 15 is 0 Å². The third kappa shape index (κ3) is 10.4. The number of nitrogens with one attached hydrogen (secondary N) is 2. The summed E-state index contributed by atoms with van der Waals surface area (Å²) in [5.74, 6) is -2.07. The van der Waals surface area contributed by atoms with Crippen molar-refractivity contribution in [3.63, 3.8) is 0 Å². The molecule has 0 aromatic heterocycles. The first-order valence-electron chi connectivity index (χ1n) is 5.13. The van der Waals surface area contributed by atoms with Crippen LogP contribution in [0, 0.1) is 0 Å². The monoisotopic (exact) mass is 256 g/mol. The van der Waals surface area contributed by atoms with Gasteiger partial charge in [-0.05, 0) is 6.92 Å². The van der Waals surface area contributed by atoms with Crippen molar-refractivity contribution in [3.05, 3.63) is 24.3 Å². The quantitative estimate of drug-likeness (QED) is 0.339. The van der Waals surface area contributed by atoms with Gasteiger partial charge in [-0.15, -0.1) is 0 Å². The predicted molar refractivity (Wildman–Crippen MR) is 64.0 cm³/mol. The van der Waals surface area contributed by atoms with Crippen LogP contribution in [0.5, 0.6) is 0 Å². The summed E-state index contributed by atoms with van der Waals surface area (Å²) < 4.78 is 5.11. The Bertz CT molecular complexity index is 362. The number of urea groups is 1. The number of ether oxygens (including phenoxy) is 1. The van der Waals surface area contributed by atoms with Crippen LogP contribution in [0.2, 0.25) is 0 Å². The molecule has 0 unspecified atom stereocenters. The summed E-state index contributed by atoms with van der Waals surface area (Å²) in [6.45, 7) is 6.38. The van der Waals surface area contributed by atoms with E-state index in [0.717, 1.165) is 11.6 Å². The maximum Gasteiger partial charge on any atom is 0.328 e. The molecule has 0 fully saturated rings. The Labute approximate surface area is 105 Å². The van der Waals surface area contributed by atoms with Gasteiger partial charge >= 0.3 is 12.0 Å². The average molecular weight is 256 g/mol. The van der Waals surface area contributed by atoms with E-state index in [1.807, 2.05) is 12.2 Å². The van der Waals surface area contributed by atoms with Gasteiger partial charge in [0.2, 0.25) is 0 Å². The highest BCUT2D eigenvalue weighted by atomic mass is 16.5. The summed E-state index contributed by atoms with van der Waals surface area (Å²) in [7, 11) is 0. The summed E-state index contributed by atoms with van der Waals surface area (Å²) in [5.41, 5.74) is 0.869. The second-order valence-electron chi connectivity index (χ2n) is 3.43. The maximum atomic E-state index is 11.1. The smallest absolute Gasteiger partial charge is 0.328 e. The van der Waals surface area contributed by atoms with E-state index in [0.29, 0.717) is 19.3 Å². The third-order valence-electron chi connectivity index (χ3n) is 1.49. The van der Waals surface area contributed by atoms with Crippen LogP contribution in [-0.4, -0.2) is 42.8 Å². The fraction of sp³-hybridized carbons (Fsp3) is 0.364. The van der Waals surface area contributed by atoms with E-state index in [1.165, 1.54) is 0 Å². The van der Waals surface area contributed by atoms with Crippen molar-refractivity contribution < 1.29 is 24.2 Å². The van der Waals surface area contributed by atoms with Crippen LogP contribution in [0.25, 0.3) is 0 Å². The van der Waals surface area contributed by atoms with Crippen molar-refractivity contribution >= 4 is 17.9 Å². The Morgan fingerprint density at radius 3 is 2.56 bits per heavy atom. The van der Waals surface area contributed by atoms with E-state index in [9.17, 15) is 14.4 Å². The first-order chi connectivity index (χ1) is 8.41. The second kappa shape index (κ2) is 8.94. The highest BCUT2D eigenvalue weighted by Crippen LogP contribution is 1.86. The number of hydrogen-bond donors (Lipinski definition) is 3. The zero-order valence-electron chi connectivity index (χ0n) is 10.1. The van der Waals surface area contributed by atoms with E-state index < -0.39 is 17.9 Å². The van der Waals surface area contributed by atoms with Gasteiger partial charge in [0, 0.05) is 18.7 Å². The molecule has 18 heavy (non-hydrogen) atoms. The zero-order valence-corrected chi connectivity index (χ0v) is 10.1. The van der Waals surface area contributed by atoms with Crippen molar-refractivity contribution in [1.29, 1.82) is 0 Å². The van der Waals surface area contributed by atoms with Crippen molar-refractivity contribution in [1.82, 2.24) is 10.6 Å². The summed E-state index contributed by atoms with van der Waals surface area (Å²) in [6, 6.07) is -0.714. The van der Waals surface area contributed by atoms with E-state index in [4.69, 9.17) is 9.84 Å². The van der Waals surface area contributed by atoms with Gasteiger partial charge in [0.1, 0.15) is 0 Å². The molecule has 100 valence electrons. The van der Waals surface area contributed by atoms with Gasteiger partial charge in [-0.1, -0.05) is 12.2 Å². The molecule has 3 amide bonds. The Morgan fingerprint density at radius 1 is 1.33 bits per heavy atom. The molecule has 0 radical (unpaired) electrons. The number of hydrogen-bond acceptors (Lipinski definition) is 4. The summed E-state index contributed by atoms with van der Waals surface area (Å²) in [5, 5.41) is 12.5. The summed E-state index contributed by atoms with van der Waals surface area (Å²) in [6.07, 6.45) is 1.39. The van der Waals surface area contributed by atoms with E-state index in [1.54, 1.807) is 0 Å². The molecule has 7 heteroatoms. The van der Waals surface area contributed by atoms with Crippen LogP contribution in [-0.2, 0) is 14.3 Å². The molecule has 0 atom stereocenters. The minimum absolute atomic E-state index is 0.231. The molecule has 0 aromatic carbocycles. The van der Waals surface area contributed by atoms with E-state index in [2.05, 4.69) is 11.9 Å². The van der Waals surface area contributed by atoms with Crippen LogP contribution in [0.3, 0.4) is 0 Å². The number of imide groups is 1. The molecular weight excluding hydrogens is 240 g/mol. The number of aliphatic carboxylic acids is 1. The Kier molecular flexibility index (Phi) is 7.87. The number of carboxylic acids is 1. The van der Waals surface area contributed by atoms with Crippen LogP contribution in [0.15, 0.2) is 24.3 Å². The van der Waals surface area contributed by atoms with Gasteiger partial charge in [-0.2, -0.15) is 0 Å². The molecule has 0 saturated carbocycles. The standard InChI is InChI=1S/C11H16N2O5/c1-8(2)7-18-6-5-12-11(17)13-9(14)3-4-10(15)16/h3-4H,1,5-7H2,2H3,(H,15,16)(H2,12,13,14,17)/b4-3+. The number of carbonyl (C=O) groups excluding carboxylic acids is 2. The van der Waals surface area contributed by atoms with Gasteiger partial charge in [-0.3, -0.25) is 10.1 Å². The highest BCUT2D eigenvalue weighted by molar-refractivity contribution is 6.02. The lowest BCUT2D eigenvalue weighted by atomic mass is 10.4. The van der Waals surface area contributed by atoms with Crippen molar-refractivity contribution in [3.8, 4) is 0 Å². The van der Waals surface area contributed by atoms with Crippen LogP contribution >= 0.6 is 0 Å². The second-order valence-corrected chi connectivity index (χ2v) is 3.43. The average Bonchev–Trinajstić information content (AvgIpc) is 2.25. The zero-order chi connectivity index (χ0) is 14.0. The largest absolute Gasteiger partial charge is 0.478 e. The number of rotatable bonds is 7. The fourth-order valence-electron chi connectivity index (χ4n) is 0.828. The van der Waals surface area contributed by atoms with Crippen LogP contribution in [0.4, 0.5) is 4.79 Å². The highest BCUT2D eigenvalue weighted by Gasteiger charge is 2.03. The summed E-state index contributed by atoms with van der Waals surface area (Å²) in [4.78, 5) is 32.2. The van der Waals surface area contributed by atoms with Gasteiger partial charge in [0.15, 0.2) is 0 Å². The molecule has 0 rings (SSSR count). The molecule has 0 aromatic rings. The van der Waals surface area contributed by atoms with Crippen molar-refractivity contribution in [2.75, 3.05) is 19.8 Å². The molecule has 0 aliphatic heterocycles. The Morgan fingerprint density at radius 2 is 2.00 bits per heavy atom. The first-order valence-corrected chi connectivity index (χ1v) is 5.13. The molecule has 7 nitrogen and oxygen atoms in total. The molecule has 0 aliphatic carbocycles. The lowest BCUT2D eigenvalue weighted by Gasteiger charge is -2.06. The molecular formula is C11H16N2O5. The molecule has 3 N–H and O–H groups in total. The van der Waals surface area contributed by atoms with Crippen LogP contribution < -0.4 is 10.6 Å². The van der Waals surface area contributed by atoms with E-state index in [-0.39, 0.29) is 6.54 Å². The Hall–Kier alpha value is -2.15. The SMILES string of the molecule is C=C(C)COCCNC(=O)NC(=O)/C=C/C(=O)O. The van der Waals surface area contributed by atoms with Gasteiger partial charge in [0.25, 0.3) is 5.91 Å². The minimum atomic E-state index is -1.27. The fourth-order valence-corrected chi connectivity index (χ4v) is 0.828. The maximum absolute atomic E-state index is 11.1. The lowest BCUT2D eigenvalue weighted by Crippen LogP contribution is -2.40. The first kappa shape index (κ1) is 15.9. The third-order valence-corrected chi connectivity index (χ3v) is 1.49. The van der Waals surface area contributed by atoms with Crippen LogP contribution in [0.1, 0.15) is 6.92 Å². The number of carboxylic acid groups (broad SMARTS) is 1. The van der Waals surface area contributed by atoms with Gasteiger partial charge < -0.3 is 15.2 Å². The predicted octanol–water partition coefficient (Wildman–Crippen LogP) is 0.0457. The van der Waals surface area contributed by atoms with Crippen molar-refractivity contribution in [2.24, 2.45) is 0 Å². The molecule has 0 bridgehead atoms. The Balaban J connectivity index is 3.68. The topological polar surface area (TPSA) is 105 Å². The normalized spacial score (nSPS) is 10.1. The molecule has 0 aliphatic rings. The molecule has 0 spiro atoms. The number of carbonyl (C=O) groups is 3. The van der Waals surface area contributed by atoms with Gasteiger partial charge in [-0.25, -0.2) is 9.59 Å². The van der Waals surface area contributed by atoms with Crippen molar-refractivity contribution in [2.45, 2.75) is 6.92 Å².